The molecule has 0 bridgehead atoms. The molecule has 5 nitrogen and oxygen atoms in total. The molecule has 162 valence electrons. The maximum absolute atomic E-state index is 13.6. The molecular weight excluding hydrogens is 393 g/mol. The second kappa shape index (κ2) is 8.00. The Balaban J connectivity index is 1.17. The van der Waals surface area contributed by atoms with E-state index in [2.05, 4.69) is 28.9 Å². The summed E-state index contributed by atoms with van der Waals surface area (Å²) in [7, 11) is 0. The fourth-order valence-corrected chi connectivity index (χ4v) is 4.89. The lowest BCUT2D eigenvalue weighted by Gasteiger charge is -2.37. The van der Waals surface area contributed by atoms with Crippen LogP contribution in [-0.4, -0.2) is 52.7 Å². The number of likely N-dealkylation sites (tertiary alicyclic amines) is 1. The number of nitrogens with zero attached hydrogens (tertiary/aromatic N) is 2. The second-order valence-electron chi connectivity index (χ2n) is 8.93. The smallest absolute Gasteiger partial charge is 0.410 e. The summed E-state index contributed by atoms with van der Waals surface area (Å²) >= 11 is 0. The molecule has 1 amide bonds. The first kappa shape index (κ1) is 20.1. The Labute approximate surface area is 181 Å². The van der Waals surface area contributed by atoms with Gasteiger partial charge in [0.25, 0.3) is 0 Å². The molecule has 2 fully saturated rings. The van der Waals surface area contributed by atoms with Crippen molar-refractivity contribution in [3.63, 3.8) is 0 Å². The lowest BCUT2D eigenvalue weighted by Crippen LogP contribution is -2.47. The number of hydrogen-bond donors (Lipinski definition) is 1. The van der Waals surface area contributed by atoms with E-state index in [0.717, 1.165) is 55.4 Å². The van der Waals surface area contributed by atoms with Gasteiger partial charge in [0.1, 0.15) is 11.4 Å². The molecule has 0 atom stereocenters. The number of hydrogen-bond acceptors (Lipinski definition) is 3. The van der Waals surface area contributed by atoms with Crippen molar-refractivity contribution in [3.05, 3.63) is 71.2 Å². The molecule has 2 aliphatic rings. The number of ether oxygens (including phenoxy) is 1. The van der Waals surface area contributed by atoms with Crippen LogP contribution in [0, 0.1) is 12.7 Å². The Morgan fingerprint density at radius 3 is 2.74 bits per heavy atom. The molecule has 2 saturated heterocycles. The molecule has 2 aromatic carbocycles. The zero-order chi connectivity index (χ0) is 21.4. The highest BCUT2D eigenvalue weighted by atomic mass is 19.1. The number of aryl methyl sites for hydroxylation is 1. The Bertz CT molecular complexity index is 1100. The third-order valence-electron chi connectivity index (χ3n) is 6.86. The van der Waals surface area contributed by atoms with Crippen molar-refractivity contribution in [2.24, 2.45) is 0 Å². The standard InChI is InChI=1S/C25H28FN3O2/c1-18-4-2-3-5-20(18)16-29-17-25(31-24(29)30)9-12-28(13-10-25)11-8-19-15-27-23-7-6-21(26)14-22(19)23/h2-7,14-15,27H,8-13,16-17H2,1H3. The third-order valence-corrected chi connectivity index (χ3v) is 6.86. The summed E-state index contributed by atoms with van der Waals surface area (Å²) in [5.74, 6) is -0.202. The van der Waals surface area contributed by atoms with E-state index in [1.165, 1.54) is 17.2 Å². The van der Waals surface area contributed by atoms with E-state index >= 15 is 0 Å². The zero-order valence-electron chi connectivity index (χ0n) is 17.9. The van der Waals surface area contributed by atoms with Crippen molar-refractivity contribution in [1.29, 1.82) is 0 Å². The number of fused-ring (bicyclic) bond motifs is 1. The van der Waals surface area contributed by atoms with Crippen LogP contribution in [0.5, 0.6) is 0 Å². The van der Waals surface area contributed by atoms with E-state index in [1.54, 1.807) is 12.1 Å². The third kappa shape index (κ3) is 4.04. The summed E-state index contributed by atoms with van der Waals surface area (Å²) < 4.78 is 19.5. The highest BCUT2D eigenvalue weighted by molar-refractivity contribution is 5.83. The van der Waals surface area contributed by atoms with E-state index < -0.39 is 0 Å². The number of benzene rings is 2. The van der Waals surface area contributed by atoms with Crippen LogP contribution in [0.1, 0.15) is 29.5 Å². The van der Waals surface area contributed by atoms with E-state index in [4.69, 9.17) is 4.74 Å². The van der Waals surface area contributed by atoms with E-state index in [9.17, 15) is 9.18 Å². The number of carbonyl (C=O) groups is 1. The van der Waals surface area contributed by atoms with Crippen LogP contribution in [0.4, 0.5) is 9.18 Å². The summed E-state index contributed by atoms with van der Waals surface area (Å²) in [6.07, 6.45) is 4.36. The van der Waals surface area contributed by atoms with Crippen molar-refractivity contribution in [1.82, 2.24) is 14.8 Å². The van der Waals surface area contributed by atoms with Crippen molar-refractivity contribution in [3.8, 4) is 0 Å². The molecule has 1 N–H and O–H groups in total. The van der Waals surface area contributed by atoms with Gasteiger partial charge in [0.15, 0.2) is 0 Å². The van der Waals surface area contributed by atoms with E-state index in [0.29, 0.717) is 13.1 Å². The molecule has 3 aromatic rings. The van der Waals surface area contributed by atoms with Gasteiger partial charge in [-0.25, -0.2) is 9.18 Å². The molecule has 3 heterocycles. The predicted molar refractivity (Wildman–Crippen MR) is 118 cm³/mol. The average Bonchev–Trinajstić information content (AvgIpc) is 3.29. The number of halogens is 1. The number of rotatable bonds is 5. The number of aromatic nitrogens is 1. The van der Waals surface area contributed by atoms with Gasteiger partial charge in [-0.05, 0) is 48.2 Å². The number of nitrogens with one attached hydrogen (secondary N) is 1. The maximum atomic E-state index is 13.6. The number of H-pyrrole nitrogens is 1. The molecular formula is C25H28FN3O2. The van der Waals surface area contributed by atoms with E-state index in [1.807, 2.05) is 23.2 Å². The van der Waals surface area contributed by atoms with Crippen LogP contribution in [0.3, 0.4) is 0 Å². The minimum absolute atomic E-state index is 0.197. The van der Waals surface area contributed by atoms with Crippen LogP contribution >= 0.6 is 0 Å². The molecule has 31 heavy (non-hydrogen) atoms. The number of amides is 1. The van der Waals surface area contributed by atoms with Gasteiger partial charge in [0, 0.05) is 56.1 Å². The fourth-order valence-electron chi connectivity index (χ4n) is 4.89. The first-order valence-corrected chi connectivity index (χ1v) is 11.0. The quantitative estimate of drug-likeness (QED) is 0.653. The fraction of sp³-hybridized carbons (Fsp3) is 0.400. The van der Waals surface area contributed by atoms with Crippen molar-refractivity contribution < 1.29 is 13.9 Å². The van der Waals surface area contributed by atoms with Crippen molar-refractivity contribution >= 4 is 17.0 Å². The SMILES string of the molecule is Cc1ccccc1CN1CC2(CCN(CCc3c[nH]c4ccc(F)cc34)CC2)OC1=O. The van der Waals surface area contributed by atoms with Crippen molar-refractivity contribution in [2.45, 2.75) is 38.3 Å². The molecule has 6 heteroatoms. The highest BCUT2D eigenvalue weighted by Crippen LogP contribution is 2.34. The minimum atomic E-state index is -0.361. The summed E-state index contributed by atoms with van der Waals surface area (Å²) in [5, 5.41) is 0.963. The monoisotopic (exact) mass is 421 g/mol. The van der Waals surface area contributed by atoms with Gasteiger partial charge in [0.2, 0.25) is 0 Å². The maximum Gasteiger partial charge on any atom is 0.410 e. The van der Waals surface area contributed by atoms with Gasteiger partial charge in [-0.1, -0.05) is 24.3 Å². The van der Waals surface area contributed by atoms with Crippen LogP contribution in [0.15, 0.2) is 48.7 Å². The van der Waals surface area contributed by atoms with Gasteiger partial charge in [-0.2, -0.15) is 0 Å². The number of piperidine rings is 1. The molecule has 5 rings (SSSR count). The predicted octanol–water partition coefficient (Wildman–Crippen LogP) is 4.64. The van der Waals surface area contributed by atoms with Gasteiger partial charge < -0.3 is 14.6 Å². The Morgan fingerprint density at radius 2 is 1.94 bits per heavy atom. The lowest BCUT2D eigenvalue weighted by molar-refractivity contribution is 0.00102. The Hall–Kier alpha value is -2.86. The zero-order valence-corrected chi connectivity index (χ0v) is 17.9. The molecule has 1 spiro atoms. The molecule has 1 aromatic heterocycles. The first-order valence-electron chi connectivity index (χ1n) is 11.0. The van der Waals surface area contributed by atoms with Gasteiger partial charge >= 0.3 is 6.09 Å². The Morgan fingerprint density at radius 1 is 1.13 bits per heavy atom. The molecule has 0 radical (unpaired) electrons. The van der Waals surface area contributed by atoms with Gasteiger partial charge in [-0.3, -0.25) is 4.90 Å². The molecule has 0 unspecified atom stereocenters. The summed E-state index contributed by atoms with van der Waals surface area (Å²) in [4.78, 5) is 20.0. The summed E-state index contributed by atoms with van der Waals surface area (Å²) in [6, 6.07) is 13.1. The minimum Gasteiger partial charge on any atom is -0.441 e. The highest BCUT2D eigenvalue weighted by Gasteiger charge is 2.46. The van der Waals surface area contributed by atoms with Crippen molar-refractivity contribution in [2.75, 3.05) is 26.2 Å². The van der Waals surface area contributed by atoms with Crippen LogP contribution in [0.25, 0.3) is 10.9 Å². The molecule has 0 saturated carbocycles. The second-order valence-corrected chi connectivity index (χ2v) is 8.93. The molecule has 0 aliphatic carbocycles. The lowest BCUT2D eigenvalue weighted by atomic mass is 9.91. The normalized spacial score (nSPS) is 18.8. The number of aromatic amines is 1. The van der Waals surface area contributed by atoms with E-state index in [-0.39, 0.29) is 17.5 Å². The summed E-state index contributed by atoms with van der Waals surface area (Å²) in [6.45, 7) is 6.07. The average molecular weight is 422 g/mol. The largest absolute Gasteiger partial charge is 0.441 e. The Kier molecular flexibility index (Phi) is 5.18. The number of carbonyl (C=O) groups excluding carboxylic acids is 1. The van der Waals surface area contributed by atoms with Gasteiger partial charge in [-0.15, -0.1) is 0 Å². The topological polar surface area (TPSA) is 48.6 Å². The van der Waals surface area contributed by atoms with Crippen LogP contribution in [0.2, 0.25) is 0 Å². The van der Waals surface area contributed by atoms with Crippen LogP contribution in [-0.2, 0) is 17.7 Å². The molecule has 2 aliphatic heterocycles. The summed E-state index contributed by atoms with van der Waals surface area (Å²) in [5.41, 5.74) is 4.12. The van der Waals surface area contributed by atoms with Gasteiger partial charge in [0.05, 0.1) is 6.54 Å². The van der Waals surface area contributed by atoms with Crippen LogP contribution < -0.4 is 0 Å². The first-order chi connectivity index (χ1) is 15.0.